The van der Waals surface area contributed by atoms with Crippen LogP contribution in [0.4, 0.5) is 0 Å². The Morgan fingerprint density at radius 1 is 1.21 bits per heavy atom. The van der Waals surface area contributed by atoms with Gasteiger partial charge in [-0.3, -0.25) is 0 Å². The van der Waals surface area contributed by atoms with Gasteiger partial charge in [0.25, 0.3) is 0 Å². The third kappa shape index (κ3) is 3.31. The molecule has 0 saturated carbocycles. The summed E-state index contributed by atoms with van der Waals surface area (Å²) in [4.78, 5) is 27.7. The van der Waals surface area contributed by atoms with Crippen LogP contribution in [0.25, 0.3) is 11.0 Å². The molecule has 0 atom stereocenters. The molecule has 0 N–H and O–H groups in total. The van der Waals surface area contributed by atoms with E-state index in [1.165, 1.54) is 18.3 Å². The van der Waals surface area contributed by atoms with E-state index < -0.39 is 11.6 Å². The lowest BCUT2D eigenvalue weighted by molar-refractivity contribution is 0.0467. The summed E-state index contributed by atoms with van der Waals surface area (Å²) in [5.41, 5.74) is 2.75. The van der Waals surface area contributed by atoms with E-state index in [4.69, 9.17) is 20.8 Å². The summed E-state index contributed by atoms with van der Waals surface area (Å²) >= 11 is 5.84. The molecule has 0 fully saturated rings. The zero-order valence-corrected chi connectivity index (χ0v) is 13.9. The second-order valence-corrected chi connectivity index (χ2v) is 5.90. The molecule has 2 aromatic heterocycles. The summed E-state index contributed by atoms with van der Waals surface area (Å²) in [5, 5.41) is 1.14. The maximum atomic E-state index is 12.1. The minimum absolute atomic E-state index is 0.0579. The van der Waals surface area contributed by atoms with Gasteiger partial charge in [0, 0.05) is 28.2 Å². The van der Waals surface area contributed by atoms with Crippen molar-refractivity contribution < 1.29 is 13.9 Å². The highest BCUT2D eigenvalue weighted by molar-refractivity contribution is 6.30. The predicted octanol–water partition coefficient (Wildman–Crippen LogP) is 3.82. The number of benzene rings is 1. The van der Waals surface area contributed by atoms with E-state index >= 15 is 0 Å². The lowest BCUT2D eigenvalue weighted by Crippen LogP contribution is -2.09. The molecule has 122 valence electrons. The summed E-state index contributed by atoms with van der Waals surface area (Å²) in [7, 11) is 0. The van der Waals surface area contributed by atoms with Gasteiger partial charge in [0.1, 0.15) is 17.9 Å². The van der Waals surface area contributed by atoms with Gasteiger partial charge in [-0.05, 0) is 49.2 Å². The van der Waals surface area contributed by atoms with Gasteiger partial charge < -0.3 is 9.15 Å². The fourth-order valence-electron chi connectivity index (χ4n) is 2.34. The summed E-state index contributed by atoms with van der Waals surface area (Å²) < 4.78 is 10.5. The number of aryl methyl sites for hydroxylation is 2. The van der Waals surface area contributed by atoms with Crippen molar-refractivity contribution in [2.45, 2.75) is 20.5 Å². The molecule has 2 heterocycles. The Balaban J connectivity index is 1.91. The van der Waals surface area contributed by atoms with Gasteiger partial charge >= 0.3 is 11.6 Å². The van der Waals surface area contributed by atoms with Gasteiger partial charge in [-0.2, -0.15) is 0 Å². The van der Waals surface area contributed by atoms with E-state index in [-0.39, 0.29) is 12.3 Å². The van der Waals surface area contributed by atoms with Crippen molar-refractivity contribution >= 4 is 28.5 Å². The van der Waals surface area contributed by atoms with Crippen molar-refractivity contribution in [1.29, 1.82) is 0 Å². The van der Waals surface area contributed by atoms with Crippen LogP contribution in [0.3, 0.4) is 0 Å². The highest BCUT2D eigenvalue weighted by Crippen LogP contribution is 2.22. The molecule has 24 heavy (non-hydrogen) atoms. The van der Waals surface area contributed by atoms with Crippen LogP contribution >= 0.6 is 11.6 Å². The maximum Gasteiger partial charge on any atom is 0.357 e. The first-order chi connectivity index (χ1) is 11.4. The molecule has 0 bridgehead atoms. The first-order valence-corrected chi connectivity index (χ1v) is 7.64. The van der Waals surface area contributed by atoms with Gasteiger partial charge in [0.05, 0.1) is 0 Å². The number of fused-ring (bicyclic) bond motifs is 1. The Morgan fingerprint density at radius 2 is 1.96 bits per heavy atom. The average Bonchev–Trinajstić information content (AvgIpc) is 2.54. The Hall–Kier alpha value is -2.66. The number of rotatable bonds is 3. The van der Waals surface area contributed by atoms with E-state index in [1.54, 1.807) is 12.1 Å². The number of esters is 1. The van der Waals surface area contributed by atoms with Crippen LogP contribution in [0, 0.1) is 13.8 Å². The summed E-state index contributed by atoms with van der Waals surface area (Å²) in [6.45, 7) is 3.84. The lowest BCUT2D eigenvalue weighted by Gasteiger charge is -2.09. The summed E-state index contributed by atoms with van der Waals surface area (Å²) in [5.74, 6) is -0.609. The van der Waals surface area contributed by atoms with Crippen LogP contribution in [-0.2, 0) is 11.3 Å². The first kappa shape index (κ1) is 16.2. The molecule has 0 spiro atoms. The topological polar surface area (TPSA) is 69.4 Å². The largest absolute Gasteiger partial charge is 0.456 e. The Labute approximate surface area is 142 Å². The Kier molecular flexibility index (Phi) is 4.36. The monoisotopic (exact) mass is 343 g/mol. The highest BCUT2D eigenvalue weighted by atomic mass is 35.5. The van der Waals surface area contributed by atoms with Crippen LogP contribution in [0.1, 0.15) is 27.2 Å². The quantitative estimate of drug-likeness (QED) is 0.534. The molecule has 6 heteroatoms. The second kappa shape index (κ2) is 6.45. The fraction of sp³-hybridized carbons (Fsp3) is 0.167. The molecule has 3 rings (SSSR count). The van der Waals surface area contributed by atoms with E-state index in [1.807, 2.05) is 19.9 Å². The third-order valence-corrected chi connectivity index (χ3v) is 3.97. The molecule has 0 saturated heterocycles. The number of pyridine rings is 1. The van der Waals surface area contributed by atoms with Crippen LogP contribution < -0.4 is 5.63 Å². The molecule has 5 nitrogen and oxygen atoms in total. The van der Waals surface area contributed by atoms with Gasteiger partial charge in [0.15, 0.2) is 0 Å². The van der Waals surface area contributed by atoms with Crippen LogP contribution in [-0.4, -0.2) is 11.0 Å². The predicted molar refractivity (Wildman–Crippen MR) is 90.3 cm³/mol. The van der Waals surface area contributed by atoms with Crippen molar-refractivity contribution in [2.75, 3.05) is 0 Å². The van der Waals surface area contributed by atoms with E-state index in [0.29, 0.717) is 16.2 Å². The molecule has 0 unspecified atom stereocenters. The second-order valence-electron chi connectivity index (χ2n) is 5.46. The maximum absolute atomic E-state index is 12.1. The zero-order valence-electron chi connectivity index (χ0n) is 13.1. The smallest absolute Gasteiger partial charge is 0.357 e. The van der Waals surface area contributed by atoms with Gasteiger partial charge in [0.2, 0.25) is 0 Å². The van der Waals surface area contributed by atoms with E-state index in [0.717, 1.165) is 16.5 Å². The number of carbonyl (C=O) groups is 1. The van der Waals surface area contributed by atoms with Crippen molar-refractivity contribution in [2.24, 2.45) is 0 Å². The van der Waals surface area contributed by atoms with Crippen molar-refractivity contribution in [1.82, 2.24) is 4.98 Å². The molecule has 0 amide bonds. The third-order valence-electron chi connectivity index (χ3n) is 3.73. The standard InChI is InChI=1S/C18H14ClNO4/c1-10-5-14-12(7-17(21)24-16(14)6-11(10)2)9-23-18(22)15-8-13(19)3-4-20-15/h3-8H,9H2,1-2H3. The van der Waals surface area contributed by atoms with Crippen LogP contribution in [0.15, 0.2) is 45.7 Å². The SMILES string of the molecule is Cc1cc2oc(=O)cc(COC(=O)c3cc(Cl)ccn3)c2cc1C. The number of hydrogen-bond donors (Lipinski definition) is 0. The molecule has 0 radical (unpaired) electrons. The number of aromatic nitrogens is 1. The van der Waals surface area contributed by atoms with Gasteiger partial charge in [-0.25, -0.2) is 14.6 Å². The van der Waals surface area contributed by atoms with Gasteiger partial charge in [-0.15, -0.1) is 0 Å². The molecule has 0 aliphatic heterocycles. The average molecular weight is 344 g/mol. The number of nitrogens with zero attached hydrogens (tertiary/aromatic N) is 1. The number of halogens is 1. The number of carbonyl (C=O) groups excluding carboxylic acids is 1. The Morgan fingerprint density at radius 3 is 2.71 bits per heavy atom. The molecule has 0 aliphatic carbocycles. The molecule has 1 aromatic carbocycles. The number of hydrogen-bond acceptors (Lipinski definition) is 5. The van der Waals surface area contributed by atoms with Crippen molar-refractivity contribution in [3.8, 4) is 0 Å². The van der Waals surface area contributed by atoms with Crippen LogP contribution in [0.5, 0.6) is 0 Å². The first-order valence-electron chi connectivity index (χ1n) is 7.27. The molecular weight excluding hydrogens is 330 g/mol. The minimum atomic E-state index is -0.609. The van der Waals surface area contributed by atoms with Crippen molar-refractivity contribution in [3.05, 3.63) is 74.4 Å². The molecular formula is C18H14ClNO4. The van der Waals surface area contributed by atoms with Crippen molar-refractivity contribution in [3.63, 3.8) is 0 Å². The lowest BCUT2D eigenvalue weighted by atomic mass is 10.0. The molecule has 3 aromatic rings. The molecule has 0 aliphatic rings. The zero-order chi connectivity index (χ0) is 17.3. The van der Waals surface area contributed by atoms with E-state index in [9.17, 15) is 9.59 Å². The fourth-order valence-corrected chi connectivity index (χ4v) is 2.50. The highest BCUT2D eigenvalue weighted by Gasteiger charge is 2.13. The van der Waals surface area contributed by atoms with Crippen LogP contribution in [0.2, 0.25) is 5.02 Å². The normalized spacial score (nSPS) is 10.8. The van der Waals surface area contributed by atoms with Gasteiger partial charge in [-0.1, -0.05) is 11.6 Å². The van der Waals surface area contributed by atoms with E-state index in [2.05, 4.69) is 4.98 Å². The number of ether oxygens (including phenoxy) is 1. The summed E-state index contributed by atoms with van der Waals surface area (Å²) in [6, 6.07) is 8.04. The Bertz CT molecular complexity index is 994. The summed E-state index contributed by atoms with van der Waals surface area (Å²) in [6.07, 6.45) is 1.43. The minimum Gasteiger partial charge on any atom is -0.456 e.